The summed E-state index contributed by atoms with van der Waals surface area (Å²) in [5.74, 6) is -2.11. The molecule has 0 aliphatic carbocycles. The molecule has 2 heterocycles. The average Bonchev–Trinajstić information content (AvgIpc) is 2.68. The summed E-state index contributed by atoms with van der Waals surface area (Å²) >= 11 is 0. The Morgan fingerprint density at radius 2 is 1.84 bits per heavy atom. The molecule has 0 spiro atoms. The maximum Gasteiger partial charge on any atom is 0.259 e. The number of hydrogen-bond acceptors (Lipinski definition) is 2. The minimum atomic E-state index is -0.785. The zero-order valence-electron chi connectivity index (χ0n) is 10.5. The van der Waals surface area contributed by atoms with E-state index in [9.17, 15) is 13.6 Å². The van der Waals surface area contributed by atoms with E-state index in [4.69, 9.17) is 0 Å². The molecule has 2 aliphatic rings. The summed E-state index contributed by atoms with van der Waals surface area (Å²) in [5, 5.41) is 3.44. The minimum absolute atomic E-state index is 0.256. The van der Waals surface area contributed by atoms with Crippen molar-refractivity contribution in [3.8, 4) is 0 Å². The second-order valence-corrected chi connectivity index (χ2v) is 5.27. The molecular weight excluding hydrogens is 250 g/mol. The lowest BCUT2D eigenvalue weighted by Crippen LogP contribution is -2.39. The van der Waals surface area contributed by atoms with Gasteiger partial charge in [0.2, 0.25) is 0 Å². The number of likely N-dealkylation sites (tertiary alicyclic amines) is 1. The topological polar surface area (TPSA) is 32.3 Å². The first kappa shape index (κ1) is 12.5. The number of amides is 1. The van der Waals surface area contributed by atoms with Gasteiger partial charge in [-0.3, -0.25) is 4.79 Å². The fourth-order valence-electron chi connectivity index (χ4n) is 2.99. The summed E-state index contributed by atoms with van der Waals surface area (Å²) in [5.41, 5.74) is -0.430. The molecule has 2 unspecified atom stereocenters. The molecule has 2 bridgehead atoms. The van der Waals surface area contributed by atoms with Crippen LogP contribution in [0.25, 0.3) is 0 Å². The molecule has 0 saturated carbocycles. The van der Waals surface area contributed by atoms with Gasteiger partial charge in [0.05, 0.1) is 0 Å². The number of carbonyl (C=O) groups is 1. The lowest BCUT2D eigenvalue weighted by atomic mass is 10.1. The van der Waals surface area contributed by atoms with Gasteiger partial charge in [-0.05, 0) is 31.4 Å². The van der Waals surface area contributed by atoms with Gasteiger partial charge in [0.25, 0.3) is 5.91 Å². The van der Waals surface area contributed by atoms with E-state index >= 15 is 0 Å². The van der Waals surface area contributed by atoms with Gasteiger partial charge in [-0.15, -0.1) is 0 Å². The van der Waals surface area contributed by atoms with Crippen molar-refractivity contribution in [3.05, 3.63) is 35.4 Å². The molecule has 2 fully saturated rings. The van der Waals surface area contributed by atoms with Crippen molar-refractivity contribution < 1.29 is 13.6 Å². The third kappa shape index (κ3) is 2.34. The number of rotatable bonds is 1. The molecule has 19 heavy (non-hydrogen) atoms. The summed E-state index contributed by atoms with van der Waals surface area (Å²) in [4.78, 5) is 13.9. The molecule has 3 nitrogen and oxygen atoms in total. The quantitative estimate of drug-likeness (QED) is 0.842. The van der Waals surface area contributed by atoms with Crippen LogP contribution in [0.1, 0.15) is 29.6 Å². The number of nitrogens with one attached hydrogen (secondary N) is 1. The highest BCUT2D eigenvalue weighted by Gasteiger charge is 2.32. The van der Waals surface area contributed by atoms with Crippen LogP contribution in [0.4, 0.5) is 8.78 Å². The van der Waals surface area contributed by atoms with E-state index in [0.717, 1.165) is 31.4 Å². The molecule has 1 N–H and O–H groups in total. The lowest BCUT2D eigenvalue weighted by Gasteiger charge is -2.24. The summed E-state index contributed by atoms with van der Waals surface area (Å²) in [6.07, 6.45) is 2.99. The highest BCUT2D eigenvalue weighted by atomic mass is 19.1. The summed E-state index contributed by atoms with van der Waals surface area (Å²) < 4.78 is 27.3. The van der Waals surface area contributed by atoms with Gasteiger partial charge >= 0.3 is 0 Å². The Labute approximate surface area is 110 Å². The first-order chi connectivity index (χ1) is 9.15. The fraction of sp³-hybridized carbons (Fsp3) is 0.500. The van der Waals surface area contributed by atoms with Crippen LogP contribution >= 0.6 is 0 Å². The van der Waals surface area contributed by atoms with Crippen LogP contribution in [0.5, 0.6) is 0 Å². The largest absolute Gasteiger partial charge is 0.337 e. The molecule has 2 atom stereocenters. The normalized spacial score (nSPS) is 26.3. The molecule has 0 aromatic heterocycles. The van der Waals surface area contributed by atoms with Crippen molar-refractivity contribution in [3.63, 3.8) is 0 Å². The monoisotopic (exact) mass is 266 g/mol. The van der Waals surface area contributed by atoms with Crippen molar-refractivity contribution >= 4 is 5.91 Å². The molecule has 5 heteroatoms. The van der Waals surface area contributed by atoms with Crippen LogP contribution in [-0.2, 0) is 0 Å². The molecule has 3 rings (SSSR count). The third-order valence-corrected chi connectivity index (χ3v) is 3.99. The molecule has 2 aliphatic heterocycles. The van der Waals surface area contributed by atoms with Gasteiger partial charge in [-0.1, -0.05) is 6.07 Å². The number of halogens is 2. The van der Waals surface area contributed by atoms with Gasteiger partial charge in [-0.2, -0.15) is 0 Å². The predicted octanol–water partition coefficient (Wildman–Crippen LogP) is 1.93. The highest BCUT2D eigenvalue weighted by molar-refractivity contribution is 5.94. The second kappa shape index (κ2) is 4.89. The van der Waals surface area contributed by atoms with Crippen molar-refractivity contribution in [1.82, 2.24) is 10.2 Å². The Morgan fingerprint density at radius 1 is 1.16 bits per heavy atom. The van der Waals surface area contributed by atoms with E-state index in [0.29, 0.717) is 19.1 Å². The Morgan fingerprint density at radius 3 is 2.58 bits per heavy atom. The van der Waals surface area contributed by atoms with Gasteiger partial charge in [0.1, 0.15) is 17.2 Å². The summed E-state index contributed by atoms with van der Waals surface area (Å²) in [6, 6.07) is 4.21. The SMILES string of the molecule is O=C(c1c(F)cccc1F)N1CCC2CCC(C1)N2. The van der Waals surface area contributed by atoms with Crippen LogP contribution < -0.4 is 5.32 Å². The fourth-order valence-corrected chi connectivity index (χ4v) is 2.99. The van der Waals surface area contributed by atoms with Gasteiger partial charge in [0.15, 0.2) is 0 Å². The van der Waals surface area contributed by atoms with Gasteiger partial charge in [-0.25, -0.2) is 8.78 Å². The number of hydrogen-bond donors (Lipinski definition) is 1. The average molecular weight is 266 g/mol. The van der Waals surface area contributed by atoms with Crippen molar-refractivity contribution in [2.45, 2.75) is 31.3 Å². The molecule has 102 valence electrons. The van der Waals surface area contributed by atoms with E-state index in [1.807, 2.05) is 0 Å². The van der Waals surface area contributed by atoms with Crippen LogP contribution in [0.3, 0.4) is 0 Å². The zero-order chi connectivity index (χ0) is 13.4. The number of carbonyl (C=O) groups excluding carboxylic acids is 1. The molecule has 0 radical (unpaired) electrons. The van der Waals surface area contributed by atoms with Crippen molar-refractivity contribution in [2.75, 3.05) is 13.1 Å². The van der Waals surface area contributed by atoms with E-state index < -0.39 is 23.1 Å². The Hall–Kier alpha value is -1.49. The predicted molar refractivity (Wildman–Crippen MR) is 66.8 cm³/mol. The molecule has 1 amide bonds. The third-order valence-electron chi connectivity index (χ3n) is 3.99. The smallest absolute Gasteiger partial charge is 0.259 e. The van der Waals surface area contributed by atoms with Crippen LogP contribution in [-0.4, -0.2) is 36.0 Å². The van der Waals surface area contributed by atoms with Gasteiger partial charge < -0.3 is 10.2 Å². The molecular formula is C14H16F2N2O. The van der Waals surface area contributed by atoms with E-state index in [-0.39, 0.29) is 6.04 Å². The number of fused-ring (bicyclic) bond motifs is 2. The van der Waals surface area contributed by atoms with Crippen LogP contribution in [0.15, 0.2) is 18.2 Å². The van der Waals surface area contributed by atoms with Crippen LogP contribution in [0.2, 0.25) is 0 Å². The lowest BCUT2D eigenvalue weighted by molar-refractivity contribution is 0.0738. The van der Waals surface area contributed by atoms with Crippen LogP contribution in [0, 0.1) is 11.6 Å². The first-order valence-electron chi connectivity index (χ1n) is 6.64. The molecule has 1 aromatic rings. The van der Waals surface area contributed by atoms with E-state index in [2.05, 4.69) is 5.32 Å². The van der Waals surface area contributed by atoms with E-state index in [1.54, 1.807) is 4.90 Å². The molecule has 2 saturated heterocycles. The maximum atomic E-state index is 13.6. The van der Waals surface area contributed by atoms with E-state index in [1.165, 1.54) is 6.07 Å². The van der Waals surface area contributed by atoms with Gasteiger partial charge in [0, 0.05) is 25.2 Å². The minimum Gasteiger partial charge on any atom is -0.337 e. The first-order valence-corrected chi connectivity index (χ1v) is 6.64. The Kier molecular flexibility index (Phi) is 3.22. The maximum absolute atomic E-state index is 13.6. The highest BCUT2D eigenvalue weighted by Crippen LogP contribution is 2.23. The molecule has 1 aromatic carbocycles. The standard InChI is InChI=1S/C14H16F2N2O/c15-11-2-1-3-12(16)13(11)14(19)18-7-6-9-4-5-10(8-18)17-9/h1-3,9-10,17H,4-8H2. The summed E-state index contributed by atoms with van der Waals surface area (Å²) in [6.45, 7) is 1.09. The Balaban J connectivity index is 1.84. The number of benzene rings is 1. The van der Waals surface area contributed by atoms with Crippen molar-refractivity contribution in [1.29, 1.82) is 0 Å². The zero-order valence-corrected chi connectivity index (χ0v) is 10.5. The Bertz CT molecular complexity index is 486. The second-order valence-electron chi connectivity index (χ2n) is 5.27. The number of nitrogens with zero attached hydrogens (tertiary/aromatic N) is 1. The summed E-state index contributed by atoms with van der Waals surface area (Å²) in [7, 11) is 0. The van der Waals surface area contributed by atoms with Crippen molar-refractivity contribution in [2.24, 2.45) is 0 Å².